The Balaban J connectivity index is 1.72. The van der Waals surface area contributed by atoms with Crippen LogP contribution in [0.3, 0.4) is 0 Å². The van der Waals surface area contributed by atoms with Crippen molar-refractivity contribution in [3.8, 4) is 6.07 Å². The number of hydrogen-bond donors (Lipinski definition) is 1. The fourth-order valence-electron chi connectivity index (χ4n) is 3.31. The van der Waals surface area contributed by atoms with Crippen molar-refractivity contribution in [1.29, 1.82) is 5.26 Å². The predicted molar refractivity (Wildman–Crippen MR) is 101 cm³/mol. The minimum absolute atomic E-state index is 0.311. The van der Waals surface area contributed by atoms with E-state index < -0.39 is 0 Å². The largest absolute Gasteiger partial charge is 0.424 e. The van der Waals surface area contributed by atoms with Crippen LogP contribution in [0, 0.1) is 17.2 Å². The second kappa shape index (κ2) is 8.50. The highest BCUT2D eigenvalue weighted by Crippen LogP contribution is 2.29. The van der Waals surface area contributed by atoms with E-state index in [9.17, 15) is 5.26 Å². The zero-order valence-corrected chi connectivity index (χ0v) is 15.8. The number of nitriles is 1. The maximum absolute atomic E-state index is 9.34. The molecule has 0 aromatic carbocycles. The molecule has 1 unspecified atom stereocenters. The van der Waals surface area contributed by atoms with Crippen LogP contribution < -0.4 is 5.32 Å². The lowest BCUT2D eigenvalue weighted by molar-refractivity contribution is 0.172. The molecule has 0 aliphatic carbocycles. The maximum atomic E-state index is 9.34. The first-order chi connectivity index (χ1) is 12.2. The molecule has 1 aliphatic rings. The Labute approximate surface area is 153 Å². The van der Waals surface area contributed by atoms with E-state index in [1.165, 1.54) is 24.1 Å². The van der Waals surface area contributed by atoms with Gasteiger partial charge in [-0.1, -0.05) is 26.3 Å². The van der Waals surface area contributed by atoms with Crippen LogP contribution in [-0.4, -0.2) is 29.5 Å². The van der Waals surface area contributed by atoms with Crippen molar-refractivity contribution in [2.45, 2.75) is 45.6 Å². The van der Waals surface area contributed by atoms with Gasteiger partial charge in [0.25, 0.3) is 0 Å². The van der Waals surface area contributed by atoms with Crippen LogP contribution in [-0.2, 0) is 6.42 Å². The van der Waals surface area contributed by atoms with Gasteiger partial charge in [0.15, 0.2) is 5.89 Å². The highest BCUT2D eigenvalue weighted by atomic mass is 32.1. The van der Waals surface area contributed by atoms with Crippen molar-refractivity contribution in [3.63, 3.8) is 0 Å². The summed E-state index contributed by atoms with van der Waals surface area (Å²) in [6.45, 7) is 7.22. The molecular formula is C19H26N4OS. The lowest BCUT2D eigenvalue weighted by Crippen LogP contribution is -2.36. The first kappa shape index (κ1) is 18.0. The van der Waals surface area contributed by atoms with Crippen LogP contribution in [0.2, 0.25) is 0 Å². The summed E-state index contributed by atoms with van der Waals surface area (Å²) in [5, 5.41) is 14.8. The van der Waals surface area contributed by atoms with E-state index in [4.69, 9.17) is 4.42 Å². The summed E-state index contributed by atoms with van der Waals surface area (Å²) in [6, 6.07) is 6.76. The number of nitrogens with zero attached hydrogens (tertiary/aromatic N) is 3. The Morgan fingerprint density at radius 3 is 2.80 bits per heavy atom. The van der Waals surface area contributed by atoms with Crippen LogP contribution in [0.5, 0.6) is 0 Å². The van der Waals surface area contributed by atoms with Crippen LogP contribution in [0.25, 0.3) is 0 Å². The Hall–Kier alpha value is -1.84. The van der Waals surface area contributed by atoms with Crippen molar-refractivity contribution in [2.24, 2.45) is 5.92 Å². The third-order valence-electron chi connectivity index (χ3n) is 4.52. The topological polar surface area (TPSA) is 65.1 Å². The van der Waals surface area contributed by atoms with Crippen molar-refractivity contribution < 1.29 is 4.42 Å². The third kappa shape index (κ3) is 4.62. The minimum Gasteiger partial charge on any atom is -0.424 e. The summed E-state index contributed by atoms with van der Waals surface area (Å²) in [6.07, 6.45) is 4.58. The van der Waals surface area contributed by atoms with E-state index in [1.54, 1.807) is 11.3 Å². The maximum Gasteiger partial charge on any atom is 0.232 e. The fourth-order valence-corrected chi connectivity index (χ4v) is 4.17. The van der Waals surface area contributed by atoms with Crippen LogP contribution >= 0.6 is 11.3 Å². The van der Waals surface area contributed by atoms with Crippen LogP contribution in [0.4, 0.5) is 5.88 Å². The standard InChI is InChI=1S/C19H26N4OS/c1-14(2)11-18-22-15(12-20)19(24-18)21-13-16(17-7-6-10-25-17)23-8-4-3-5-9-23/h6-7,10,14,16,21H,3-5,8-9,11,13H2,1-2H3. The smallest absolute Gasteiger partial charge is 0.232 e. The number of aromatic nitrogens is 1. The summed E-state index contributed by atoms with van der Waals surface area (Å²) in [5.41, 5.74) is 0.360. The molecule has 1 atom stereocenters. The quantitative estimate of drug-likeness (QED) is 0.792. The van der Waals surface area contributed by atoms with Gasteiger partial charge in [-0.15, -0.1) is 11.3 Å². The Morgan fingerprint density at radius 1 is 1.36 bits per heavy atom. The molecule has 1 N–H and O–H groups in total. The first-order valence-electron chi connectivity index (χ1n) is 9.08. The zero-order valence-electron chi connectivity index (χ0n) is 15.0. The number of piperidine rings is 1. The molecule has 1 saturated heterocycles. The Morgan fingerprint density at radius 2 is 2.16 bits per heavy atom. The molecule has 0 spiro atoms. The summed E-state index contributed by atoms with van der Waals surface area (Å²) < 4.78 is 5.81. The average molecular weight is 359 g/mol. The van der Waals surface area contributed by atoms with E-state index in [0.29, 0.717) is 29.4 Å². The number of thiophene rings is 1. The molecular weight excluding hydrogens is 332 g/mol. The van der Waals surface area contributed by atoms with Crippen molar-refractivity contribution >= 4 is 17.2 Å². The third-order valence-corrected chi connectivity index (χ3v) is 5.49. The summed E-state index contributed by atoms with van der Waals surface area (Å²) in [4.78, 5) is 8.22. The number of anilines is 1. The SMILES string of the molecule is CC(C)Cc1nc(C#N)c(NCC(c2cccs2)N2CCCCC2)o1. The van der Waals surface area contributed by atoms with Gasteiger partial charge in [-0.3, -0.25) is 4.90 Å². The molecule has 0 bridgehead atoms. The molecule has 0 radical (unpaired) electrons. The van der Waals surface area contributed by atoms with Crippen molar-refractivity contribution in [1.82, 2.24) is 9.88 Å². The molecule has 0 amide bonds. The van der Waals surface area contributed by atoms with E-state index in [-0.39, 0.29) is 0 Å². The van der Waals surface area contributed by atoms with E-state index in [1.807, 2.05) is 0 Å². The van der Waals surface area contributed by atoms with Gasteiger partial charge in [-0.25, -0.2) is 4.98 Å². The zero-order chi connectivity index (χ0) is 17.6. The molecule has 25 heavy (non-hydrogen) atoms. The van der Waals surface area contributed by atoms with Gasteiger partial charge in [-0.2, -0.15) is 5.26 Å². The summed E-state index contributed by atoms with van der Waals surface area (Å²) in [5.74, 6) is 1.60. The number of oxazole rings is 1. The van der Waals surface area contributed by atoms with E-state index in [2.05, 4.69) is 52.6 Å². The highest BCUT2D eigenvalue weighted by molar-refractivity contribution is 7.10. The lowest BCUT2D eigenvalue weighted by Gasteiger charge is -2.34. The normalized spacial score (nSPS) is 16.7. The first-order valence-corrected chi connectivity index (χ1v) is 9.96. The van der Waals surface area contributed by atoms with Crippen molar-refractivity contribution in [2.75, 3.05) is 25.0 Å². The van der Waals surface area contributed by atoms with Gasteiger partial charge < -0.3 is 9.73 Å². The van der Waals surface area contributed by atoms with Crippen LogP contribution in [0.15, 0.2) is 21.9 Å². The Kier molecular flexibility index (Phi) is 6.11. The van der Waals surface area contributed by atoms with Crippen molar-refractivity contribution in [3.05, 3.63) is 34.0 Å². The van der Waals surface area contributed by atoms with E-state index >= 15 is 0 Å². The van der Waals surface area contributed by atoms with Gasteiger partial charge >= 0.3 is 0 Å². The molecule has 5 nitrogen and oxygen atoms in total. The molecule has 0 saturated carbocycles. The number of hydrogen-bond acceptors (Lipinski definition) is 6. The Bertz CT molecular complexity index is 696. The van der Waals surface area contributed by atoms with Gasteiger partial charge in [-0.05, 0) is 43.3 Å². The molecule has 6 heteroatoms. The minimum atomic E-state index is 0.311. The second-order valence-electron chi connectivity index (χ2n) is 7.00. The van der Waals surface area contributed by atoms with Crippen LogP contribution in [0.1, 0.15) is 55.6 Å². The molecule has 2 aromatic rings. The summed E-state index contributed by atoms with van der Waals surface area (Å²) in [7, 11) is 0. The molecule has 134 valence electrons. The molecule has 3 heterocycles. The van der Waals surface area contributed by atoms with Gasteiger partial charge in [0, 0.05) is 17.8 Å². The van der Waals surface area contributed by atoms with E-state index in [0.717, 1.165) is 26.1 Å². The number of rotatable bonds is 7. The molecule has 1 aliphatic heterocycles. The monoisotopic (exact) mass is 358 g/mol. The average Bonchev–Trinajstić information content (AvgIpc) is 3.25. The molecule has 3 rings (SSSR count). The predicted octanol–water partition coefficient (Wildman–Crippen LogP) is 4.45. The second-order valence-corrected chi connectivity index (χ2v) is 7.98. The van der Waals surface area contributed by atoms with Gasteiger partial charge in [0.05, 0.1) is 6.04 Å². The number of likely N-dealkylation sites (tertiary alicyclic amines) is 1. The lowest BCUT2D eigenvalue weighted by atomic mass is 10.1. The summed E-state index contributed by atoms with van der Waals surface area (Å²) >= 11 is 1.79. The fraction of sp³-hybridized carbons (Fsp3) is 0.579. The number of nitrogens with one attached hydrogen (secondary N) is 1. The molecule has 2 aromatic heterocycles. The van der Waals surface area contributed by atoms with Gasteiger partial charge in [0.1, 0.15) is 6.07 Å². The van der Waals surface area contributed by atoms with Gasteiger partial charge in [0.2, 0.25) is 11.6 Å². The highest BCUT2D eigenvalue weighted by Gasteiger charge is 2.24. The molecule has 1 fully saturated rings.